The van der Waals surface area contributed by atoms with Crippen LogP contribution in [0.3, 0.4) is 0 Å². The van der Waals surface area contributed by atoms with Gasteiger partial charge in [-0.25, -0.2) is 4.79 Å². The van der Waals surface area contributed by atoms with E-state index in [4.69, 9.17) is 16.3 Å². The first kappa shape index (κ1) is 15.0. The summed E-state index contributed by atoms with van der Waals surface area (Å²) in [6, 6.07) is 3.99. The number of carbonyl (C=O) groups is 1. The lowest BCUT2D eigenvalue weighted by Crippen LogP contribution is -2.06. The van der Waals surface area contributed by atoms with Gasteiger partial charge in [0.05, 0.1) is 15.6 Å². The minimum Gasteiger partial charge on any atom is -0.457 e. The van der Waals surface area contributed by atoms with E-state index < -0.39 is 10.9 Å². The van der Waals surface area contributed by atoms with Crippen molar-refractivity contribution in [3.05, 3.63) is 56.4 Å². The molecule has 0 radical (unpaired) electrons. The van der Waals surface area contributed by atoms with Crippen LogP contribution in [0.5, 0.6) is 0 Å². The minimum atomic E-state index is -0.541. The smallest absolute Gasteiger partial charge is 0.341 e. The summed E-state index contributed by atoms with van der Waals surface area (Å²) in [5.41, 5.74) is 1.32. The van der Waals surface area contributed by atoms with Crippen molar-refractivity contribution < 1.29 is 14.5 Å². The van der Waals surface area contributed by atoms with Crippen LogP contribution in [0.4, 0.5) is 5.69 Å². The maximum atomic E-state index is 11.9. The molecule has 7 nitrogen and oxygen atoms in total. The van der Waals surface area contributed by atoms with Gasteiger partial charge in [-0.1, -0.05) is 11.6 Å². The number of nitrogens with zero attached hydrogens (tertiary/aromatic N) is 3. The molecule has 1 aromatic carbocycles. The molecule has 1 heterocycles. The molecule has 0 bridgehead atoms. The normalized spacial score (nSPS) is 10.4. The lowest BCUT2D eigenvalue weighted by Gasteiger charge is -2.06. The van der Waals surface area contributed by atoms with Gasteiger partial charge in [0.2, 0.25) is 0 Å². The summed E-state index contributed by atoms with van der Waals surface area (Å²) >= 11 is 5.93. The molecule has 2 rings (SSSR count). The Morgan fingerprint density at radius 2 is 2.24 bits per heavy atom. The number of halogens is 1. The molecule has 8 heteroatoms. The zero-order chi connectivity index (χ0) is 15.6. The SMILES string of the molecule is Cc1nn(C)cc1C(=O)OCc1ccc([N+](=O)[O-])cc1Cl. The van der Waals surface area contributed by atoms with Crippen molar-refractivity contribution in [2.45, 2.75) is 13.5 Å². The molecular weight excluding hydrogens is 298 g/mol. The number of esters is 1. The molecule has 0 N–H and O–H groups in total. The molecule has 0 atom stereocenters. The standard InChI is InChI=1S/C13H12ClN3O4/c1-8-11(6-16(2)15-8)13(18)21-7-9-3-4-10(17(19)20)5-12(9)14/h3-6H,7H2,1-2H3. The van der Waals surface area contributed by atoms with Crippen LogP contribution in [0.2, 0.25) is 5.02 Å². The molecule has 1 aromatic heterocycles. The molecular formula is C13H12ClN3O4. The van der Waals surface area contributed by atoms with Crippen LogP contribution in [0, 0.1) is 17.0 Å². The number of hydrogen-bond acceptors (Lipinski definition) is 5. The van der Waals surface area contributed by atoms with Crippen molar-refractivity contribution >= 4 is 23.3 Å². The third kappa shape index (κ3) is 3.38. The number of benzene rings is 1. The number of nitro groups is 1. The Morgan fingerprint density at radius 1 is 1.52 bits per heavy atom. The van der Waals surface area contributed by atoms with E-state index in [9.17, 15) is 14.9 Å². The number of non-ortho nitro benzene ring substituents is 1. The first-order chi connectivity index (χ1) is 9.88. The van der Waals surface area contributed by atoms with Gasteiger partial charge in [-0.3, -0.25) is 14.8 Å². The van der Waals surface area contributed by atoms with Crippen molar-refractivity contribution in [1.29, 1.82) is 0 Å². The average Bonchev–Trinajstić information content (AvgIpc) is 2.75. The predicted molar refractivity (Wildman–Crippen MR) is 75.2 cm³/mol. The van der Waals surface area contributed by atoms with Gasteiger partial charge in [0.1, 0.15) is 12.2 Å². The van der Waals surface area contributed by atoms with Gasteiger partial charge in [0.25, 0.3) is 5.69 Å². The van der Waals surface area contributed by atoms with Crippen LogP contribution in [-0.4, -0.2) is 20.7 Å². The minimum absolute atomic E-state index is 0.0655. The summed E-state index contributed by atoms with van der Waals surface area (Å²) in [7, 11) is 1.71. The fourth-order valence-corrected chi connectivity index (χ4v) is 2.02. The third-order valence-corrected chi connectivity index (χ3v) is 3.19. The van der Waals surface area contributed by atoms with E-state index in [1.165, 1.54) is 22.9 Å². The summed E-state index contributed by atoms with van der Waals surface area (Å²) in [5.74, 6) is -0.519. The molecule has 0 aliphatic rings. The second kappa shape index (κ2) is 5.92. The quantitative estimate of drug-likeness (QED) is 0.492. The van der Waals surface area contributed by atoms with Crippen LogP contribution in [0.25, 0.3) is 0 Å². The Balaban J connectivity index is 2.08. The molecule has 21 heavy (non-hydrogen) atoms. The molecule has 0 aliphatic heterocycles. The molecule has 0 aliphatic carbocycles. The number of ether oxygens (including phenoxy) is 1. The lowest BCUT2D eigenvalue weighted by molar-refractivity contribution is -0.384. The second-order valence-electron chi connectivity index (χ2n) is 4.41. The number of carbonyl (C=O) groups excluding carboxylic acids is 1. The van der Waals surface area contributed by atoms with Gasteiger partial charge in [-0.2, -0.15) is 5.10 Å². The Bertz CT molecular complexity index is 711. The summed E-state index contributed by atoms with van der Waals surface area (Å²) in [6.45, 7) is 1.64. The maximum Gasteiger partial charge on any atom is 0.341 e. The highest BCUT2D eigenvalue weighted by Crippen LogP contribution is 2.23. The first-order valence-corrected chi connectivity index (χ1v) is 6.36. The summed E-state index contributed by atoms with van der Waals surface area (Å²) in [4.78, 5) is 22.0. The van der Waals surface area contributed by atoms with Gasteiger partial charge in [-0.05, 0) is 13.0 Å². The molecule has 0 spiro atoms. The highest BCUT2D eigenvalue weighted by Gasteiger charge is 2.15. The number of hydrogen-bond donors (Lipinski definition) is 0. The highest BCUT2D eigenvalue weighted by atomic mass is 35.5. The monoisotopic (exact) mass is 309 g/mol. The molecule has 0 amide bonds. The van der Waals surface area contributed by atoms with Gasteiger partial charge in [-0.15, -0.1) is 0 Å². The number of aryl methyl sites for hydroxylation is 2. The van der Waals surface area contributed by atoms with Gasteiger partial charge in [0.15, 0.2) is 0 Å². The predicted octanol–water partition coefficient (Wildman–Crippen LogP) is 2.65. The Labute approximate surface area is 125 Å². The number of nitro benzene ring substituents is 1. The van der Waals surface area contributed by atoms with Gasteiger partial charge < -0.3 is 4.74 Å². The number of aromatic nitrogens is 2. The van der Waals surface area contributed by atoms with Crippen LogP contribution in [0.15, 0.2) is 24.4 Å². The summed E-state index contributed by atoms with van der Waals surface area (Å²) in [5, 5.41) is 14.8. The topological polar surface area (TPSA) is 87.3 Å². The van der Waals surface area contributed by atoms with E-state index in [0.29, 0.717) is 16.8 Å². The molecule has 0 unspecified atom stereocenters. The van der Waals surface area contributed by atoms with Crippen molar-refractivity contribution in [3.8, 4) is 0 Å². The van der Waals surface area contributed by atoms with Crippen molar-refractivity contribution in [2.24, 2.45) is 7.05 Å². The van der Waals surface area contributed by atoms with E-state index >= 15 is 0 Å². The van der Waals surface area contributed by atoms with Crippen LogP contribution in [-0.2, 0) is 18.4 Å². The first-order valence-electron chi connectivity index (χ1n) is 5.98. The number of rotatable bonds is 4. The van der Waals surface area contributed by atoms with E-state index in [0.717, 1.165) is 0 Å². The van der Waals surface area contributed by atoms with Gasteiger partial charge >= 0.3 is 5.97 Å². The summed E-state index contributed by atoms with van der Waals surface area (Å²) in [6.07, 6.45) is 1.56. The zero-order valence-corrected chi connectivity index (χ0v) is 12.1. The van der Waals surface area contributed by atoms with Gasteiger partial charge in [0, 0.05) is 30.9 Å². The van der Waals surface area contributed by atoms with Crippen LogP contribution >= 0.6 is 11.6 Å². The highest BCUT2D eigenvalue weighted by molar-refractivity contribution is 6.31. The molecule has 0 saturated heterocycles. The van der Waals surface area contributed by atoms with Crippen LogP contribution in [0.1, 0.15) is 21.6 Å². The van der Waals surface area contributed by atoms with Crippen molar-refractivity contribution in [2.75, 3.05) is 0 Å². The molecule has 2 aromatic rings. The van der Waals surface area contributed by atoms with E-state index in [-0.39, 0.29) is 17.3 Å². The van der Waals surface area contributed by atoms with Crippen LogP contribution < -0.4 is 0 Å². The van der Waals surface area contributed by atoms with E-state index in [1.54, 1.807) is 20.2 Å². The lowest BCUT2D eigenvalue weighted by atomic mass is 10.2. The maximum absolute atomic E-state index is 11.9. The van der Waals surface area contributed by atoms with E-state index in [1.807, 2.05) is 0 Å². The average molecular weight is 310 g/mol. The zero-order valence-electron chi connectivity index (χ0n) is 11.4. The van der Waals surface area contributed by atoms with E-state index in [2.05, 4.69) is 5.10 Å². The molecule has 0 saturated carbocycles. The van der Waals surface area contributed by atoms with Crippen molar-refractivity contribution in [3.63, 3.8) is 0 Å². The Morgan fingerprint density at radius 3 is 2.76 bits per heavy atom. The molecule has 0 fully saturated rings. The van der Waals surface area contributed by atoms with Crippen molar-refractivity contribution in [1.82, 2.24) is 9.78 Å². The second-order valence-corrected chi connectivity index (χ2v) is 4.82. The fraction of sp³-hybridized carbons (Fsp3) is 0.231. The Hall–Kier alpha value is -2.41. The Kier molecular flexibility index (Phi) is 4.23. The third-order valence-electron chi connectivity index (χ3n) is 2.84. The largest absolute Gasteiger partial charge is 0.457 e. The summed E-state index contributed by atoms with van der Waals surface area (Å²) < 4.78 is 6.66. The molecule has 110 valence electrons. The fourth-order valence-electron chi connectivity index (χ4n) is 1.79.